The van der Waals surface area contributed by atoms with Gasteiger partial charge in [0, 0.05) is 12.5 Å². The second-order valence-corrected chi connectivity index (χ2v) is 4.14. The van der Waals surface area contributed by atoms with Crippen LogP contribution in [0.25, 0.3) is 0 Å². The summed E-state index contributed by atoms with van der Waals surface area (Å²) in [6.45, 7) is 0. The van der Waals surface area contributed by atoms with Crippen LogP contribution in [0.5, 0.6) is 0 Å². The Morgan fingerprint density at radius 2 is 2.20 bits per heavy atom. The molecular formula is C11H16N2O2. The molecule has 1 fully saturated rings. The van der Waals surface area contributed by atoms with Crippen LogP contribution in [0.1, 0.15) is 32.1 Å². The molecule has 1 aliphatic heterocycles. The summed E-state index contributed by atoms with van der Waals surface area (Å²) in [6.07, 6.45) is 8.71. The van der Waals surface area contributed by atoms with Crippen molar-refractivity contribution in [3.8, 4) is 0 Å². The normalized spacial score (nSPS) is 31.5. The molecule has 2 rings (SSSR count). The van der Waals surface area contributed by atoms with Crippen molar-refractivity contribution in [3.63, 3.8) is 0 Å². The Kier molecular flexibility index (Phi) is 3.16. The maximum absolute atomic E-state index is 11.5. The van der Waals surface area contributed by atoms with Crippen molar-refractivity contribution >= 4 is 11.8 Å². The van der Waals surface area contributed by atoms with E-state index in [1.807, 2.05) is 0 Å². The first-order valence-corrected chi connectivity index (χ1v) is 5.52. The molecule has 4 heteroatoms. The van der Waals surface area contributed by atoms with Crippen LogP contribution in [0.15, 0.2) is 12.2 Å². The molecule has 0 saturated carbocycles. The Hall–Kier alpha value is -1.16. The van der Waals surface area contributed by atoms with Crippen molar-refractivity contribution in [1.29, 1.82) is 0 Å². The minimum Gasteiger partial charge on any atom is -0.300 e. The van der Waals surface area contributed by atoms with Crippen molar-refractivity contribution in [2.45, 2.75) is 44.2 Å². The number of carbonyl (C=O) groups excluding carboxylic acids is 2. The first kappa shape index (κ1) is 10.4. The molecule has 0 aromatic heterocycles. The van der Waals surface area contributed by atoms with E-state index in [4.69, 9.17) is 0 Å². The van der Waals surface area contributed by atoms with E-state index in [0.29, 0.717) is 18.9 Å². The fraction of sp³-hybridized carbons (Fsp3) is 0.636. The van der Waals surface area contributed by atoms with Crippen molar-refractivity contribution in [1.82, 2.24) is 10.6 Å². The zero-order valence-corrected chi connectivity index (χ0v) is 8.66. The van der Waals surface area contributed by atoms with Gasteiger partial charge in [-0.15, -0.1) is 0 Å². The number of hydrogen-bond acceptors (Lipinski definition) is 3. The number of hydrogen-bond donors (Lipinski definition) is 2. The van der Waals surface area contributed by atoms with Crippen LogP contribution >= 0.6 is 0 Å². The van der Waals surface area contributed by atoms with E-state index >= 15 is 0 Å². The highest BCUT2D eigenvalue weighted by Crippen LogP contribution is 2.13. The number of piperidine rings is 1. The zero-order valence-electron chi connectivity index (χ0n) is 8.66. The minimum atomic E-state index is -0.199. The Balaban J connectivity index is 1.88. The second-order valence-electron chi connectivity index (χ2n) is 4.14. The fourth-order valence-electron chi connectivity index (χ4n) is 2.06. The highest BCUT2D eigenvalue weighted by atomic mass is 16.2. The van der Waals surface area contributed by atoms with Crippen LogP contribution in [0.2, 0.25) is 0 Å². The van der Waals surface area contributed by atoms with Gasteiger partial charge in [0.15, 0.2) is 0 Å². The van der Waals surface area contributed by atoms with Gasteiger partial charge in [-0.05, 0) is 25.7 Å². The molecular weight excluding hydrogens is 192 g/mol. The summed E-state index contributed by atoms with van der Waals surface area (Å²) in [5.41, 5.74) is 0. The monoisotopic (exact) mass is 208 g/mol. The topological polar surface area (TPSA) is 58.2 Å². The average molecular weight is 208 g/mol. The largest absolute Gasteiger partial charge is 0.300 e. The number of rotatable bonds is 2. The van der Waals surface area contributed by atoms with Gasteiger partial charge in [0.1, 0.15) is 0 Å². The van der Waals surface area contributed by atoms with Crippen molar-refractivity contribution in [2.24, 2.45) is 0 Å². The molecule has 2 amide bonds. The molecule has 2 unspecified atom stereocenters. The van der Waals surface area contributed by atoms with Gasteiger partial charge < -0.3 is 0 Å². The van der Waals surface area contributed by atoms with Crippen LogP contribution in [0.3, 0.4) is 0 Å². The summed E-state index contributed by atoms with van der Waals surface area (Å²) in [6, 6.07) is 0.0955. The quantitative estimate of drug-likeness (QED) is 0.513. The third kappa shape index (κ3) is 2.65. The van der Waals surface area contributed by atoms with E-state index in [9.17, 15) is 9.59 Å². The molecule has 2 atom stereocenters. The Morgan fingerprint density at radius 1 is 1.33 bits per heavy atom. The van der Waals surface area contributed by atoms with E-state index in [1.54, 1.807) is 0 Å². The van der Waals surface area contributed by atoms with Gasteiger partial charge in [0.05, 0.1) is 6.04 Å². The number of allylic oxidation sites excluding steroid dienone is 1. The summed E-state index contributed by atoms with van der Waals surface area (Å²) in [5.74, 6) is -0.331. The van der Waals surface area contributed by atoms with E-state index in [1.165, 1.54) is 6.42 Å². The second kappa shape index (κ2) is 4.57. The molecule has 2 aliphatic rings. The number of imide groups is 1. The van der Waals surface area contributed by atoms with Crippen LogP contribution in [0.4, 0.5) is 0 Å². The molecule has 1 aliphatic carbocycles. The van der Waals surface area contributed by atoms with Crippen LogP contribution in [-0.4, -0.2) is 23.9 Å². The fourth-order valence-corrected chi connectivity index (χ4v) is 2.06. The molecule has 0 radical (unpaired) electrons. The third-order valence-electron chi connectivity index (χ3n) is 2.91. The summed E-state index contributed by atoms with van der Waals surface area (Å²) in [5, 5.41) is 5.63. The number of carbonyl (C=O) groups is 2. The highest BCUT2D eigenvalue weighted by Gasteiger charge is 2.27. The lowest BCUT2D eigenvalue weighted by molar-refractivity contribution is -0.134. The molecule has 1 saturated heterocycles. The zero-order chi connectivity index (χ0) is 10.7. The average Bonchev–Trinajstić information content (AvgIpc) is 2.24. The third-order valence-corrected chi connectivity index (χ3v) is 2.91. The summed E-state index contributed by atoms with van der Waals surface area (Å²) >= 11 is 0. The number of amides is 2. The smallest absolute Gasteiger partial charge is 0.243 e. The molecule has 15 heavy (non-hydrogen) atoms. The van der Waals surface area contributed by atoms with Crippen molar-refractivity contribution in [2.75, 3.05) is 0 Å². The lowest BCUT2D eigenvalue weighted by atomic mass is 9.99. The molecule has 4 nitrogen and oxygen atoms in total. The van der Waals surface area contributed by atoms with Gasteiger partial charge in [-0.3, -0.25) is 20.2 Å². The van der Waals surface area contributed by atoms with Crippen molar-refractivity contribution in [3.05, 3.63) is 12.2 Å². The van der Waals surface area contributed by atoms with Crippen LogP contribution in [0, 0.1) is 0 Å². The van der Waals surface area contributed by atoms with Gasteiger partial charge >= 0.3 is 0 Å². The van der Waals surface area contributed by atoms with Gasteiger partial charge in [0.2, 0.25) is 11.8 Å². The molecule has 0 aromatic rings. The predicted molar refractivity (Wildman–Crippen MR) is 56.1 cm³/mol. The van der Waals surface area contributed by atoms with Gasteiger partial charge in [-0.2, -0.15) is 0 Å². The standard InChI is InChI=1S/C11H16N2O2/c14-10-7-6-9(11(15)13-10)12-8-4-2-1-3-5-8/h2,4,8-9,12H,1,3,5-7H2,(H,13,14,15). The van der Waals surface area contributed by atoms with E-state index in [2.05, 4.69) is 22.8 Å². The lowest BCUT2D eigenvalue weighted by Gasteiger charge is -2.27. The maximum Gasteiger partial charge on any atom is 0.243 e. The van der Waals surface area contributed by atoms with Gasteiger partial charge in [0.25, 0.3) is 0 Å². The molecule has 0 aromatic carbocycles. The summed E-state index contributed by atoms with van der Waals surface area (Å²) < 4.78 is 0. The molecule has 1 heterocycles. The molecule has 0 spiro atoms. The number of nitrogens with one attached hydrogen (secondary N) is 2. The molecule has 2 N–H and O–H groups in total. The molecule has 82 valence electrons. The summed E-state index contributed by atoms with van der Waals surface area (Å²) in [4.78, 5) is 22.4. The first-order valence-electron chi connectivity index (χ1n) is 5.52. The van der Waals surface area contributed by atoms with E-state index < -0.39 is 0 Å². The van der Waals surface area contributed by atoms with Crippen molar-refractivity contribution < 1.29 is 9.59 Å². The Morgan fingerprint density at radius 3 is 2.87 bits per heavy atom. The molecule has 0 bridgehead atoms. The van der Waals surface area contributed by atoms with Gasteiger partial charge in [-0.25, -0.2) is 0 Å². The highest BCUT2D eigenvalue weighted by molar-refractivity contribution is 6.00. The van der Waals surface area contributed by atoms with Gasteiger partial charge in [-0.1, -0.05) is 12.2 Å². The minimum absolute atomic E-state index is 0.155. The maximum atomic E-state index is 11.5. The van der Waals surface area contributed by atoms with Crippen LogP contribution in [-0.2, 0) is 9.59 Å². The van der Waals surface area contributed by atoms with E-state index in [-0.39, 0.29) is 17.9 Å². The SMILES string of the molecule is O=C1CCC(NC2C=CCCC2)C(=O)N1. The predicted octanol–water partition coefficient (Wildman–Crippen LogP) is 0.490. The first-order chi connectivity index (χ1) is 7.25. The summed E-state index contributed by atoms with van der Waals surface area (Å²) in [7, 11) is 0. The van der Waals surface area contributed by atoms with E-state index in [0.717, 1.165) is 12.8 Å². The Labute approximate surface area is 89.1 Å². The lowest BCUT2D eigenvalue weighted by Crippen LogP contribution is -2.53. The van der Waals surface area contributed by atoms with Crippen LogP contribution < -0.4 is 10.6 Å². The Bertz CT molecular complexity index is 299.